The molecule has 2 aromatic heterocycles. The number of methoxy groups -OCH3 is 1. The first-order valence-corrected chi connectivity index (χ1v) is 8.81. The molecule has 0 unspecified atom stereocenters. The van der Waals surface area contributed by atoms with Crippen LogP contribution in [0.1, 0.15) is 10.4 Å². The van der Waals surface area contributed by atoms with Gasteiger partial charge in [-0.25, -0.2) is 0 Å². The molecule has 1 aromatic carbocycles. The average Bonchev–Trinajstić information content (AvgIpc) is 3.13. The van der Waals surface area contributed by atoms with Gasteiger partial charge in [0.2, 0.25) is 5.91 Å². The average molecular weight is 394 g/mol. The van der Waals surface area contributed by atoms with E-state index in [1.54, 1.807) is 24.7 Å². The van der Waals surface area contributed by atoms with Gasteiger partial charge in [-0.05, 0) is 46.6 Å². The second-order valence-electron chi connectivity index (χ2n) is 5.11. The predicted octanol–water partition coefficient (Wildman–Crippen LogP) is 4.17. The summed E-state index contributed by atoms with van der Waals surface area (Å²) in [5.41, 5.74) is 1.62. The van der Waals surface area contributed by atoms with Gasteiger partial charge in [0, 0.05) is 28.4 Å². The number of amides is 1. The molecule has 0 bridgehead atoms. The van der Waals surface area contributed by atoms with Crippen LogP contribution in [0.4, 0.5) is 0 Å². The van der Waals surface area contributed by atoms with Crippen molar-refractivity contribution in [2.24, 2.45) is 0 Å². The van der Waals surface area contributed by atoms with Gasteiger partial charge in [-0.15, -0.1) is 11.3 Å². The summed E-state index contributed by atoms with van der Waals surface area (Å²) in [7, 11) is 1.62. The zero-order valence-corrected chi connectivity index (χ0v) is 15.0. The van der Waals surface area contributed by atoms with Crippen molar-refractivity contribution in [3.63, 3.8) is 0 Å². The quantitative estimate of drug-likeness (QED) is 0.683. The molecule has 4 nitrogen and oxygen atoms in total. The van der Waals surface area contributed by atoms with Gasteiger partial charge in [0.25, 0.3) is 0 Å². The molecule has 2 heterocycles. The van der Waals surface area contributed by atoms with Crippen LogP contribution >= 0.6 is 27.3 Å². The van der Waals surface area contributed by atoms with Crippen molar-refractivity contribution in [1.29, 1.82) is 0 Å². The van der Waals surface area contributed by atoms with Crippen molar-refractivity contribution in [2.45, 2.75) is 12.8 Å². The van der Waals surface area contributed by atoms with Gasteiger partial charge in [-0.3, -0.25) is 4.79 Å². The standard InChI is InChI=1S/C17H16BrNO3S/c1-21-12-2-4-14-11(10-22-15(14)9-12)8-17(20)19-7-6-13-3-5-16(18)23-13/h2-5,9-10H,6-8H2,1H3,(H,19,20). The van der Waals surface area contributed by atoms with Crippen molar-refractivity contribution in [3.05, 3.63) is 50.8 Å². The summed E-state index contributed by atoms with van der Waals surface area (Å²) >= 11 is 5.13. The number of hydrogen-bond donors (Lipinski definition) is 1. The topological polar surface area (TPSA) is 51.5 Å². The zero-order valence-electron chi connectivity index (χ0n) is 12.6. The van der Waals surface area contributed by atoms with Gasteiger partial charge < -0.3 is 14.5 Å². The third kappa shape index (κ3) is 3.95. The highest BCUT2D eigenvalue weighted by molar-refractivity contribution is 9.11. The molecule has 0 atom stereocenters. The van der Waals surface area contributed by atoms with Crippen LogP contribution in [0.3, 0.4) is 0 Å². The largest absolute Gasteiger partial charge is 0.497 e. The van der Waals surface area contributed by atoms with Gasteiger partial charge in [-0.1, -0.05) is 0 Å². The molecule has 3 aromatic rings. The molecular formula is C17H16BrNO3S. The summed E-state index contributed by atoms with van der Waals surface area (Å²) < 4.78 is 11.8. The number of rotatable bonds is 6. The molecule has 3 rings (SSSR count). The number of benzene rings is 1. The van der Waals surface area contributed by atoms with Crippen molar-refractivity contribution < 1.29 is 13.9 Å². The number of fused-ring (bicyclic) bond motifs is 1. The van der Waals surface area contributed by atoms with E-state index in [1.165, 1.54) is 4.88 Å². The lowest BCUT2D eigenvalue weighted by atomic mass is 10.1. The molecule has 120 valence electrons. The minimum atomic E-state index is -0.000796. The lowest BCUT2D eigenvalue weighted by molar-refractivity contribution is -0.120. The van der Waals surface area contributed by atoms with Crippen LogP contribution in [0, 0.1) is 0 Å². The molecule has 0 spiro atoms. The molecule has 6 heteroatoms. The molecular weight excluding hydrogens is 378 g/mol. The molecule has 1 amide bonds. The van der Waals surface area contributed by atoms with Crippen LogP contribution < -0.4 is 10.1 Å². The Bertz CT molecular complexity index is 824. The van der Waals surface area contributed by atoms with Crippen molar-refractivity contribution >= 4 is 44.1 Å². The van der Waals surface area contributed by atoms with E-state index in [0.717, 1.165) is 32.5 Å². The van der Waals surface area contributed by atoms with E-state index < -0.39 is 0 Å². The maximum atomic E-state index is 12.1. The third-order valence-corrected chi connectivity index (χ3v) is 5.22. The van der Waals surface area contributed by atoms with Crippen molar-refractivity contribution in [1.82, 2.24) is 5.32 Å². The Balaban J connectivity index is 1.57. The summed E-state index contributed by atoms with van der Waals surface area (Å²) in [5.74, 6) is 0.740. The highest BCUT2D eigenvalue weighted by atomic mass is 79.9. The summed E-state index contributed by atoms with van der Waals surface area (Å²) in [6.45, 7) is 0.634. The number of halogens is 1. The van der Waals surface area contributed by atoms with E-state index in [4.69, 9.17) is 9.15 Å². The first-order chi connectivity index (χ1) is 11.2. The van der Waals surface area contributed by atoms with E-state index in [-0.39, 0.29) is 5.91 Å². The Morgan fingerprint density at radius 1 is 1.35 bits per heavy atom. The molecule has 23 heavy (non-hydrogen) atoms. The minimum absolute atomic E-state index is 0.000796. The third-order valence-electron chi connectivity index (χ3n) is 3.54. The maximum Gasteiger partial charge on any atom is 0.224 e. The Morgan fingerprint density at radius 2 is 2.22 bits per heavy atom. The number of thiophene rings is 1. The summed E-state index contributed by atoms with van der Waals surface area (Å²) in [6, 6.07) is 9.70. The van der Waals surface area contributed by atoms with Gasteiger partial charge >= 0.3 is 0 Å². The lowest BCUT2D eigenvalue weighted by Crippen LogP contribution is -2.26. The number of carbonyl (C=O) groups excluding carboxylic acids is 1. The lowest BCUT2D eigenvalue weighted by Gasteiger charge is -2.03. The normalized spacial score (nSPS) is 10.9. The molecule has 0 radical (unpaired) electrons. The number of furan rings is 1. The van der Waals surface area contributed by atoms with E-state index in [1.807, 2.05) is 24.3 Å². The summed E-state index contributed by atoms with van der Waals surface area (Å²) in [6.07, 6.45) is 2.79. The first-order valence-electron chi connectivity index (χ1n) is 7.21. The van der Waals surface area contributed by atoms with Crippen LogP contribution in [-0.2, 0) is 17.6 Å². The van der Waals surface area contributed by atoms with Crippen LogP contribution in [0.15, 0.2) is 44.8 Å². The van der Waals surface area contributed by atoms with Crippen LogP contribution in [0.25, 0.3) is 11.0 Å². The van der Waals surface area contributed by atoms with Crippen LogP contribution in [0.5, 0.6) is 5.75 Å². The molecule has 0 saturated carbocycles. The van der Waals surface area contributed by atoms with E-state index >= 15 is 0 Å². The maximum absolute atomic E-state index is 12.1. The van der Waals surface area contributed by atoms with Gasteiger partial charge in [0.15, 0.2) is 0 Å². The fourth-order valence-corrected chi connectivity index (χ4v) is 3.86. The fraction of sp³-hybridized carbons (Fsp3) is 0.235. The zero-order chi connectivity index (χ0) is 16.2. The highest BCUT2D eigenvalue weighted by Gasteiger charge is 2.11. The van der Waals surface area contributed by atoms with E-state index in [2.05, 4.69) is 27.3 Å². The second kappa shape index (κ2) is 7.19. The van der Waals surface area contributed by atoms with Gasteiger partial charge in [0.1, 0.15) is 11.3 Å². The molecule has 0 fully saturated rings. The Labute approximate surface area is 146 Å². The smallest absolute Gasteiger partial charge is 0.224 e. The van der Waals surface area contributed by atoms with Crippen LogP contribution in [-0.4, -0.2) is 19.6 Å². The number of nitrogens with one attached hydrogen (secondary N) is 1. The summed E-state index contributed by atoms with van der Waals surface area (Å²) in [5, 5.41) is 3.90. The minimum Gasteiger partial charge on any atom is -0.497 e. The summed E-state index contributed by atoms with van der Waals surface area (Å²) in [4.78, 5) is 13.3. The Morgan fingerprint density at radius 3 is 2.96 bits per heavy atom. The van der Waals surface area contributed by atoms with Gasteiger partial charge in [0.05, 0.1) is 23.6 Å². The Hall–Kier alpha value is -1.79. The molecule has 0 aliphatic carbocycles. The SMILES string of the molecule is COc1ccc2c(CC(=O)NCCc3ccc(Br)s3)coc2c1. The molecule has 0 aliphatic heterocycles. The fourth-order valence-electron chi connectivity index (χ4n) is 2.37. The van der Waals surface area contributed by atoms with E-state index in [9.17, 15) is 4.79 Å². The monoisotopic (exact) mass is 393 g/mol. The molecule has 1 N–H and O–H groups in total. The van der Waals surface area contributed by atoms with E-state index in [0.29, 0.717) is 13.0 Å². The van der Waals surface area contributed by atoms with Crippen molar-refractivity contribution in [2.75, 3.05) is 13.7 Å². The van der Waals surface area contributed by atoms with Crippen molar-refractivity contribution in [3.8, 4) is 5.75 Å². The predicted molar refractivity (Wildman–Crippen MR) is 95.2 cm³/mol. The Kier molecular flexibility index (Phi) is 5.03. The second-order valence-corrected chi connectivity index (χ2v) is 7.65. The van der Waals surface area contributed by atoms with Gasteiger partial charge in [-0.2, -0.15) is 0 Å². The van der Waals surface area contributed by atoms with Crippen LogP contribution in [0.2, 0.25) is 0 Å². The number of hydrogen-bond acceptors (Lipinski definition) is 4. The highest BCUT2D eigenvalue weighted by Crippen LogP contribution is 2.26. The number of ether oxygens (including phenoxy) is 1. The molecule has 0 aliphatic rings. The number of carbonyl (C=O) groups is 1. The molecule has 0 saturated heterocycles. The first kappa shape index (κ1) is 16.1.